The number of carbonyl (C=O) groups is 2. The van der Waals surface area contributed by atoms with Crippen molar-refractivity contribution in [3.8, 4) is 0 Å². The number of aliphatic hydroxyl groups is 2. The number of fused-ring (bicyclic) bond motifs is 8. The highest BCUT2D eigenvalue weighted by molar-refractivity contribution is 5.67. The summed E-state index contributed by atoms with van der Waals surface area (Å²) in [5.41, 5.74) is 4.67. The predicted molar refractivity (Wildman–Crippen MR) is 169 cm³/mol. The van der Waals surface area contributed by atoms with Crippen molar-refractivity contribution in [2.45, 2.75) is 153 Å². The maximum absolute atomic E-state index is 11.7. The molecule has 8 N–H and O–H groups in total. The minimum absolute atomic E-state index is 0.00797. The predicted octanol–water partition coefficient (Wildman–Crippen LogP) is 2.55. The SMILES string of the molecule is CC1=C(CCC(=O)O)C2CC3NC(CC4NC(CC5NC(CC1N2)C(C)C5C(C)O)C(C)=C4C(C)O)C(C)C3CCC(=O)O. The molecule has 0 aromatic carbocycles. The second kappa shape index (κ2) is 13.5. The van der Waals surface area contributed by atoms with Gasteiger partial charge < -0.3 is 41.7 Å². The van der Waals surface area contributed by atoms with Crippen molar-refractivity contribution >= 4 is 11.9 Å². The molecule has 248 valence electrons. The molecule has 0 amide bonds. The molecular formula is C34H56N4O6. The van der Waals surface area contributed by atoms with E-state index in [1.165, 1.54) is 16.7 Å². The lowest BCUT2D eigenvalue weighted by molar-refractivity contribution is -0.138. The molecule has 5 rings (SSSR count). The van der Waals surface area contributed by atoms with E-state index >= 15 is 0 Å². The highest BCUT2D eigenvalue weighted by Gasteiger charge is 2.49. The van der Waals surface area contributed by atoms with Gasteiger partial charge in [-0.1, -0.05) is 30.6 Å². The average Bonchev–Trinajstić information content (AvgIpc) is 3.59. The van der Waals surface area contributed by atoms with Crippen LogP contribution in [0.4, 0.5) is 0 Å². The second-order valence-electron chi connectivity index (χ2n) is 14.8. The molecule has 10 nitrogen and oxygen atoms in total. The number of hydrogen-bond acceptors (Lipinski definition) is 8. The van der Waals surface area contributed by atoms with Crippen molar-refractivity contribution in [2.24, 2.45) is 23.7 Å². The number of carboxylic acids is 2. The molecule has 44 heavy (non-hydrogen) atoms. The second-order valence-corrected chi connectivity index (χ2v) is 14.8. The molecule has 10 heteroatoms. The number of aliphatic hydroxyl groups excluding tert-OH is 2. The lowest BCUT2D eigenvalue weighted by Crippen LogP contribution is -2.46. The fourth-order valence-electron chi connectivity index (χ4n) is 10.00. The van der Waals surface area contributed by atoms with Gasteiger partial charge in [0.05, 0.1) is 12.2 Å². The van der Waals surface area contributed by atoms with Crippen LogP contribution in [0, 0.1) is 23.7 Å². The smallest absolute Gasteiger partial charge is 0.303 e. The lowest BCUT2D eigenvalue weighted by atomic mass is 9.80. The zero-order chi connectivity index (χ0) is 32.0. The zero-order valence-corrected chi connectivity index (χ0v) is 27.3. The van der Waals surface area contributed by atoms with E-state index in [1.807, 2.05) is 13.8 Å². The molecule has 0 spiro atoms. The van der Waals surface area contributed by atoms with Crippen molar-refractivity contribution in [1.82, 2.24) is 21.3 Å². The molecule has 5 aliphatic rings. The molecule has 8 bridgehead atoms. The Labute approximate surface area is 262 Å². The molecule has 3 fully saturated rings. The summed E-state index contributed by atoms with van der Waals surface area (Å²) >= 11 is 0. The molecule has 14 unspecified atom stereocenters. The van der Waals surface area contributed by atoms with Gasteiger partial charge in [-0.25, -0.2) is 0 Å². The third-order valence-electron chi connectivity index (χ3n) is 12.3. The topological polar surface area (TPSA) is 163 Å². The summed E-state index contributed by atoms with van der Waals surface area (Å²) < 4.78 is 0. The highest BCUT2D eigenvalue weighted by atomic mass is 16.4. The van der Waals surface area contributed by atoms with Crippen LogP contribution in [0.2, 0.25) is 0 Å². The molecule has 5 aliphatic heterocycles. The Kier molecular flexibility index (Phi) is 10.3. The van der Waals surface area contributed by atoms with E-state index in [0.717, 1.165) is 31.3 Å². The summed E-state index contributed by atoms with van der Waals surface area (Å²) in [6.07, 6.45) is 3.54. The summed E-state index contributed by atoms with van der Waals surface area (Å²) in [5.74, 6) is -0.809. The summed E-state index contributed by atoms with van der Waals surface area (Å²) in [7, 11) is 0. The Bertz CT molecular complexity index is 1150. The van der Waals surface area contributed by atoms with Crippen molar-refractivity contribution < 1.29 is 30.0 Å². The largest absolute Gasteiger partial charge is 0.481 e. The fraction of sp³-hybridized carbons (Fsp3) is 0.824. The number of aliphatic carboxylic acids is 2. The van der Waals surface area contributed by atoms with E-state index in [2.05, 4.69) is 49.0 Å². The first-order valence-electron chi connectivity index (χ1n) is 17.0. The van der Waals surface area contributed by atoms with Gasteiger partial charge in [0.25, 0.3) is 0 Å². The van der Waals surface area contributed by atoms with Gasteiger partial charge in [0.2, 0.25) is 0 Å². The van der Waals surface area contributed by atoms with Gasteiger partial charge in [0, 0.05) is 67.1 Å². The van der Waals surface area contributed by atoms with E-state index < -0.39 is 24.1 Å². The summed E-state index contributed by atoms with van der Waals surface area (Å²) in [5, 5.41) is 56.7. The quantitative estimate of drug-likeness (QED) is 0.190. The Hall–Kier alpha value is -1.82. The van der Waals surface area contributed by atoms with E-state index in [4.69, 9.17) is 0 Å². The maximum Gasteiger partial charge on any atom is 0.303 e. The minimum atomic E-state index is -0.800. The number of rotatable bonds is 8. The standard InChI is InChI=1S/C34H56N4O6/c1-15-21(7-9-31(41)42)27-14-28-22(8-10-32(43)44)16(2)24(36-28)12-29-34(20(6)40)18(4)26(38-29)13-30-33(19(5)39)17(3)25(37-30)11-23(15)35-27/h16-17,19-20,22-30,33,35-40H,7-14H2,1-6H3,(H,41,42)(H,43,44). The average molecular weight is 617 g/mol. The maximum atomic E-state index is 11.7. The van der Waals surface area contributed by atoms with Gasteiger partial charge >= 0.3 is 11.9 Å². The van der Waals surface area contributed by atoms with Crippen molar-refractivity contribution in [1.29, 1.82) is 0 Å². The van der Waals surface area contributed by atoms with Crippen LogP contribution in [-0.2, 0) is 9.59 Å². The third-order valence-corrected chi connectivity index (χ3v) is 12.3. The van der Waals surface area contributed by atoms with Gasteiger partial charge in [0.1, 0.15) is 0 Å². The molecule has 0 radical (unpaired) electrons. The number of nitrogens with one attached hydrogen (secondary N) is 4. The van der Waals surface area contributed by atoms with Crippen molar-refractivity contribution in [3.63, 3.8) is 0 Å². The van der Waals surface area contributed by atoms with Crippen LogP contribution >= 0.6 is 0 Å². The Balaban J connectivity index is 1.52. The van der Waals surface area contributed by atoms with E-state index in [0.29, 0.717) is 12.8 Å². The minimum Gasteiger partial charge on any atom is -0.481 e. The Morgan fingerprint density at radius 1 is 0.727 bits per heavy atom. The van der Waals surface area contributed by atoms with E-state index in [1.54, 1.807) is 0 Å². The fourth-order valence-corrected chi connectivity index (χ4v) is 10.00. The van der Waals surface area contributed by atoms with Crippen molar-refractivity contribution in [3.05, 3.63) is 22.3 Å². The molecule has 0 aromatic heterocycles. The molecule has 5 heterocycles. The number of hydrogen-bond donors (Lipinski definition) is 8. The Morgan fingerprint density at radius 2 is 1.27 bits per heavy atom. The first-order valence-corrected chi connectivity index (χ1v) is 17.0. The van der Waals surface area contributed by atoms with Crippen LogP contribution in [0.25, 0.3) is 0 Å². The molecule has 14 atom stereocenters. The van der Waals surface area contributed by atoms with Gasteiger partial charge in [-0.15, -0.1) is 0 Å². The molecule has 3 saturated heterocycles. The van der Waals surface area contributed by atoms with Crippen LogP contribution in [-0.4, -0.2) is 92.9 Å². The normalized spacial score (nSPS) is 42.2. The lowest BCUT2D eigenvalue weighted by Gasteiger charge is -2.29. The Morgan fingerprint density at radius 3 is 1.91 bits per heavy atom. The zero-order valence-electron chi connectivity index (χ0n) is 27.3. The van der Waals surface area contributed by atoms with Crippen LogP contribution < -0.4 is 21.3 Å². The summed E-state index contributed by atoms with van der Waals surface area (Å²) in [6.45, 7) is 12.5. The van der Waals surface area contributed by atoms with Gasteiger partial charge in [-0.05, 0) is 89.5 Å². The molecule has 0 aliphatic carbocycles. The van der Waals surface area contributed by atoms with E-state index in [-0.39, 0.29) is 84.8 Å². The van der Waals surface area contributed by atoms with Crippen LogP contribution in [0.15, 0.2) is 22.3 Å². The van der Waals surface area contributed by atoms with Gasteiger partial charge in [-0.3, -0.25) is 9.59 Å². The van der Waals surface area contributed by atoms with Crippen LogP contribution in [0.5, 0.6) is 0 Å². The first kappa shape index (κ1) is 33.5. The monoisotopic (exact) mass is 616 g/mol. The molecule has 0 aromatic rings. The van der Waals surface area contributed by atoms with Crippen LogP contribution in [0.3, 0.4) is 0 Å². The van der Waals surface area contributed by atoms with E-state index in [9.17, 15) is 30.0 Å². The van der Waals surface area contributed by atoms with Crippen LogP contribution in [0.1, 0.15) is 92.9 Å². The first-order chi connectivity index (χ1) is 20.8. The van der Waals surface area contributed by atoms with Gasteiger partial charge in [0.15, 0.2) is 0 Å². The van der Waals surface area contributed by atoms with Gasteiger partial charge in [-0.2, -0.15) is 0 Å². The highest BCUT2D eigenvalue weighted by Crippen LogP contribution is 2.42. The molecule has 0 saturated carbocycles. The summed E-state index contributed by atoms with van der Waals surface area (Å²) in [4.78, 5) is 23.3. The van der Waals surface area contributed by atoms with Crippen molar-refractivity contribution in [2.75, 3.05) is 0 Å². The third kappa shape index (κ3) is 6.67. The summed E-state index contributed by atoms with van der Waals surface area (Å²) in [6, 6.07) is 0.774. The molecular weight excluding hydrogens is 560 g/mol. The number of carboxylic acid groups (broad SMARTS) is 2.